The average Bonchev–Trinajstić information content (AvgIpc) is 3.16. The minimum Gasteiger partial charge on any atom is -0.493 e. The Morgan fingerprint density at radius 2 is 2.13 bits per heavy atom. The van der Waals surface area contributed by atoms with Gasteiger partial charge in [0.05, 0.1) is 11.3 Å². The predicted molar refractivity (Wildman–Crippen MR) is 86.7 cm³/mol. The molecular formula is C17H18N4O2. The fraction of sp³-hybridized carbons (Fsp3) is 0.353. The molecule has 0 radical (unpaired) electrons. The summed E-state index contributed by atoms with van der Waals surface area (Å²) in [6.07, 6.45) is 7.50. The Balaban J connectivity index is 1.99. The number of aromatic amines is 1. The van der Waals surface area contributed by atoms with Gasteiger partial charge in [0.2, 0.25) is 5.88 Å². The second-order valence-electron chi connectivity index (χ2n) is 6.14. The lowest BCUT2D eigenvalue weighted by molar-refractivity contribution is 0.419. The minimum absolute atomic E-state index is 0.0334. The first-order chi connectivity index (χ1) is 11.2. The van der Waals surface area contributed by atoms with Crippen molar-refractivity contribution in [2.75, 3.05) is 0 Å². The normalized spacial score (nSPS) is 15.5. The van der Waals surface area contributed by atoms with Crippen LogP contribution < -0.4 is 5.56 Å². The van der Waals surface area contributed by atoms with Crippen LogP contribution in [0.2, 0.25) is 0 Å². The number of aryl methyl sites for hydroxylation is 1. The summed E-state index contributed by atoms with van der Waals surface area (Å²) in [5, 5.41) is 15.1. The molecule has 0 spiro atoms. The standard InChI is InChI=1S/C17H18N4O2/c1-10-13(12-7-4-8-18-9-12)15-19-16(22)14(11-5-2-3-6-11)17(23)21(15)20-10/h4,7-9,11,23H,2-3,5-6H2,1H3,(H,19,22). The highest BCUT2D eigenvalue weighted by atomic mass is 16.3. The summed E-state index contributed by atoms with van der Waals surface area (Å²) in [6, 6.07) is 3.75. The number of aromatic hydroxyl groups is 1. The average molecular weight is 310 g/mol. The van der Waals surface area contributed by atoms with Gasteiger partial charge >= 0.3 is 0 Å². The molecule has 0 bridgehead atoms. The molecule has 3 aromatic rings. The summed E-state index contributed by atoms with van der Waals surface area (Å²) >= 11 is 0. The lowest BCUT2D eigenvalue weighted by Crippen LogP contribution is -2.18. The molecule has 1 aliphatic carbocycles. The van der Waals surface area contributed by atoms with Crippen molar-refractivity contribution in [3.05, 3.63) is 46.1 Å². The van der Waals surface area contributed by atoms with E-state index in [9.17, 15) is 9.90 Å². The van der Waals surface area contributed by atoms with E-state index in [0.29, 0.717) is 11.2 Å². The zero-order chi connectivity index (χ0) is 16.0. The van der Waals surface area contributed by atoms with Crippen molar-refractivity contribution in [1.82, 2.24) is 19.6 Å². The number of rotatable bonds is 2. The molecule has 3 aromatic heterocycles. The second-order valence-corrected chi connectivity index (χ2v) is 6.14. The Morgan fingerprint density at radius 1 is 1.35 bits per heavy atom. The fourth-order valence-corrected chi connectivity index (χ4v) is 3.63. The zero-order valence-electron chi connectivity index (χ0n) is 12.9. The van der Waals surface area contributed by atoms with Gasteiger partial charge in [0, 0.05) is 23.5 Å². The second kappa shape index (κ2) is 5.22. The Hall–Kier alpha value is -2.63. The summed E-state index contributed by atoms with van der Waals surface area (Å²) in [5.74, 6) is 0.0865. The summed E-state index contributed by atoms with van der Waals surface area (Å²) in [4.78, 5) is 19.6. The number of nitrogens with one attached hydrogen (secondary N) is 1. The van der Waals surface area contributed by atoms with E-state index in [0.717, 1.165) is 42.5 Å². The molecule has 23 heavy (non-hydrogen) atoms. The molecule has 0 aromatic carbocycles. The van der Waals surface area contributed by atoms with Gasteiger partial charge in [-0.05, 0) is 31.7 Å². The van der Waals surface area contributed by atoms with Gasteiger partial charge in [-0.3, -0.25) is 9.78 Å². The Bertz CT molecular complexity index is 921. The molecule has 2 N–H and O–H groups in total. The zero-order valence-corrected chi connectivity index (χ0v) is 12.9. The van der Waals surface area contributed by atoms with E-state index in [-0.39, 0.29) is 17.4 Å². The lowest BCUT2D eigenvalue weighted by Gasteiger charge is -2.11. The molecule has 1 saturated carbocycles. The van der Waals surface area contributed by atoms with Crippen LogP contribution in [0.1, 0.15) is 42.9 Å². The van der Waals surface area contributed by atoms with Crippen LogP contribution >= 0.6 is 0 Å². The summed E-state index contributed by atoms with van der Waals surface area (Å²) in [6.45, 7) is 1.86. The molecule has 1 fully saturated rings. The van der Waals surface area contributed by atoms with Crippen molar-refractivity contribution in [2.24, 2.45) is 0 Å². The highest BCUT2D eigenvalue weighted by Gasteiger charge is 2.26. The third-order valence-corrected chi connectivity index (χ3v) is 4.69. The quantitative estimate of drug-likeness (QED) is 0.762. The van der Waals surface area contributed by atoms with Gasteiger partial charge in [-0.1, -0.05) is 18.9 Å². The highest BCUT2D eigenvalue weighted by Crippen LogP contribution is 2.37. The van der Waals surface area contributed by atoms with Gasteiger partial charge in [-0.2, -0.15) is 9.61 Å². The van der Waals surface area contributed by atoms with E-state index < -0.39 is 0 Å². The first-order valence-corrected chi connectivity index (χ1v) is 7.91. The van der Waals surface area contributed by atoms with Gasteiger partial charge in [-0.15, -0.1) is 0 Å². The van der Waals surface area contributed by atoms with Crippen LogP contribution in [0.25, 0.3) is 16.8 Å². The van der Waals surface area contributed by atoms with Crippen LogP contribution in [0.15, 0.2) is 29.3 Å². The number of pyridine rings is 1. The largest absolute Gasteiger partial charge is 0.493 e. The smallest absolute Gasteiger partial charge is 0.258 e. The van der Waals surface area contributed by atoms with E-state index in [1.807, 2.05) is 19.1 Å². The van der Waals surface area contributed by atoms with Crippen LogP contribution in [0, 0.1) is 6.92 Å². The predicted octanol–water partition coefficient (Wildman–Crippen LogP) is 2.76. The van der Waals surface area contributed by atoms with Crippen molar-refractivity contribution >= 4 is 5.65 Å². The molecule has 0 atom stereocenters. The Labute approximate surface area is 132 Å². The number of hydrogen-bond donors (Lipinski definition) is 2. The van der Waals surface area contributed by atoms with E-state index in [2.05, 4.69) is 15.1 Å². The molecule has 1 aliphatic rings. The fourth-order valence-electron chi connectivity index (χ4n) is 3.63. The van der Waals surface area contributed by atoms with Gasteiger partial charge in [0.15, 0.2) is 0 Å². The monoisotopic (exact) mass is 310 g/mol. The van der Waals surface area contributed by atoms with Crippen LogP contribution in [0.4, 0.5) is 0 Å². The first-order valence-electron chi connectivity index (χ1n) is 7.91. The third-order valence-electron chi connectivity index (χ3n) is 4.69. The van der Waals surface area contributed by atoms with Crippen molar-refractivity contribution in [3.8, 4) is 17.0 Å². The minimum atomic E-state index is -0.216. The summed E-state index contributed by atoms with van der Waals surface area (Å²) in [7, 11) is 0. The van der Waals surface area contributed by atoms with Crippen LogP contribution in [-0.4, -0.2) is 24.7 Å². The number of fused-ring (bicyclic) bond motifs is 1. The molecule has 6 heteroatoms. The van der Waals surface area contributed by atoms with E-state index in [1.165, 1.54) is 4.52 Å². The molecule has 118 valence electrons. The number of aromatic nitrogens is 4. The molecule has 0 aliphatic heterocycles. The van der Waals surface area contributed by atoms with Gasteiger partial charge in [0.25, 0.3) is 5.56 Å². The molecule has 0 amide bonds. The van der Waals surface area contributed by atoms with E-state index in [1.54, 1.807) is 12.4 Å². The van der Waals surface area contributed by atoms with Crippen molar-refractivity contribution in [2.45, 2.75) is 38.5 Å². The molecule has 0 unspecified atom stereocenters. The third kappa shape index (κ3) is 2.13. The van der Waals surface area contributed by atoms with E-state index >= 15 is 0 Å². The van der Waals surface area contributed by atoms with Gasteiger partial charge in [-0.25, -0.2) is 0 Å². The maximum atomic E-state index is 12.6. The molecule has 0 saturated heterocycles. The SMILES string of the molecule is Cc1nn2c(O)c(C3CCCC3)c(=O)[nH]c2c1-c1cccnc1. The number of H-pyrrole nitrogens is 1. The Morgan fingerprint density at radius 3 is 2.83 bits per heavy atom. The molecule has 4 rings (SSSR count). The lowest BCUT2D eigenvalue weighted by atomic mass is 10.00. The highest BCUT2D eigenvalue weighted by molar-refractivity contribution is 5.79. The molecule has 3 heterocycles. The van der Waals surface area contributed by atoms with Crippen LogP contribution in [0.5, 0.6) is 5.88 Å². The van der Waals surface area contributed by atoms with Crippen LogP contribution in [-0.2, 0) is 0 Å². The van der Waals surface area contributed by atoms with Crippen molar-refractivity contribution in [3.63, 3.8) is 0 Å². The van der Waals surface area contributed by atoms with Gasteiger partial charge in [0.1, 0.15) is 5.65 Å². The summed E-state index contributed by atoms with van der Waals surface area (Å²) < 4.78 is 1.45. The van der Waals surface area contributed by atoms with E-state index in [4.69, 9.17) is 0 Å². The van der Waals surface area contributed by atoms with Crippen molar-refractivity contribution < 1.29 is 5.11 Å². The van der Waals surface area contributed by atoms with Crippen LogP contribution in [0.3, 0.4) is 0 Å². The summed E-state index contributed by atoms with van der Waals surface area (Å²) in [5.41, 5.74) is 3.17. The molecule has 6 nitrogen and oxygen atoms in total. The number of hydrogen-bond acceptors (Lipinski definition) is 4. The number of nitrogens with zero attached hydrogens (tertiary/aromatic N) is 3. The topological polar surface area (TPSA) is 83.3 Å². The maximum absolute atomic E-state index is 12.6. The van der Waals surface area contributed by atoms with Crippen molar-refractivity contribution in [1.29, 1.82) is 0 Å². The molecular weight excluding hydrogens is 292 g/mol. The maximum Gasteiger partial charge on any atom is 0.258 e. The first kappa shape index (κ1) is 14.0. The Kier molecular flexibility index (Phi) is 3.18. The van der Waals surface area contributed by atoms with Gasteiger partial charge < -0.3 is 10.1 Å².